The molecule has 0 unspecified atom stereocenters. The standard InChI is InChI=1S/C35H35BrFN3O4S/c36-28-17-15-27(16-18-28)24-39(33(23-26-9-3-1-4-10-26)35(42)38-30-11-7-8-12-30)34(41)25-40(31-13-5-2-6-14-31)45(43,44)32-21-19-29(37)20-22-32/h1-6,9-10,13-22,30,33H,7-8,11-12,23-25H2,(H,38,42)/t33-/m0/s1. The molecule has 0 bridgehead atoms. The van der Waals surface area contributed by atoms with Crippen molar-refractivity contribution in [2.45, 2.75) is 55.6 Å². The van der Waals surface area contributed by atoms with Gasteiger partial charge in [-0.15, -0.1) is 0 Å². The molecule has 45 heavy (non-hydrogen) atoms. The predicted octanol–water partition coefficient (Wildman–Crippen LogP) is 6.48. The molecule has 0 heterocycles. The number of amides is 2. The van der Waals surface area contributed by atoms with Crippen molar-refractivity contribution in [1.82, 2.24) is 10.2 Å². The largest absolute Gasteiger partial charge is 0.352 e. The average Bonchev–Trinajstić information content (AvgIpc) is 3.56. The van der Waals surface area contributed by atoms with Crippen molar-refractivity contribution < 1.29 is 22.4 Å². The first-order valence-corrected chi connectivity index (χ1v) is 17.2. The van der Waals surface area contributed by atoms with E-state index < -0.39 is 34.3 Å². The molecule has 1 aliphatic rings. The lowest BCUT2D eigenvalue weighted by molar-refractivity contribution is -0.140. The minimum atomic E-state index is -4.29. The number of carbonyl (C=O) groups excluding carboxylic acids is 2. The van der Waals surface area contributed by atoms with Crippen molar-refractivity contribution in [2.24, 2.45) is 0 Å². The number of para-hydroxylation sites is 1. The summed E-state index contributed by atoms with van der Waals surface area (Å²) in [7, 11) is -4.29. The fourth-order valence-corrected chi connectivity index (χ4v) is 7.24. The summed E-state index contributed by atoms with van der Waals surface area (Å²) in [5, 5.41) is 3.17. The highest BCUT2D eigenvalue weighted by Gasteiger charge is 2.35. The summed E-state index contributed by atoms with van der Waals surface area (Å²) in [6.07, 6.45) is 4.06. The van der Waals surface area contributed by atoms with Crippen molar-refractivity contribution in [3.63, 3.8) is 0 Å². The second-order valence-electron chi connectivity index (χ2n) is 11.1. The first kappa shape index (κ1) is 32.4. The predicted molar refractivity (Wildman–Crippen MR) is 176 cm³/mol. The van der Waals surface area contributed by atoms with Crippen LogP contribution < -0.4 is 9.62 Å². The molecule has 5 rings (SSSR count). The molecule has 0 aromatic heterocycles. The van der Waals surface area contributed by atoms with E-state index in [1.807, 2.05) is 54.6 Å². The lowest BCUT2D eigenvalue weighted by Gasteiger charge is -2.34. The van der Waals surface area contributed by atoms with E-state index in [4.69, 9.17) is 0 Å². The summed E-state index contributed by atoms with van der Waals surface area (Å²) in [4.78, 5) is 29.8. The summed E-state index contributed by atoms with van der Waals surface area (Å²) in [5.74, 6) is -1.40. The van der Waals surface area contributed by atoms with E-state index in [0.717, 1.165) is 57.7 Å². The van der Waals surface area contributed by atoms with Crippen LogP contribution in [0.2, 0.25) is 0 Å². The molecule has 4 aromatic rings. The Morgan fingerprint density at radius 3 is 2.04 bits per heavy atom. The molecule has 2 amide bonds. The fraction of sp³-hybridized carbons (Fsp3) is 0.257. The van der Waals surface area contributed by atoms with Gasteiger partial charge in [-0.3, -0.25) is 13.9 Å². The third-order valence-electron chi connectivity index (χ3n) is 7.96. The summed E-state index contributed by atoms with van der Waals surface area (Å²) in [5.41, 5.74) is 1.93. The maximum atomic E-state index is 14.5. The number of hydrogen-bond acceptors (Lipinski definition) is 4. The van der Waals surface area contributed by atoms with Crippen LogP contribution in [0.4, 0.5) is 10.1 Å². The lowest BCUT2D eigenvalue weighted by Crippen LogP contribution is -2.54. The molecule has 1 atom stereocenters. The fourth-order valence-electron chi connectivity index (χ4n) is 5.56. The maximum absolute atomic E-state index is 14.5. The zero-order chi connectivity index (χ0) is 31.8. The Hall–Kier alpha value is -4.02. The molecular weight excluding hydrogens is 657 g/mol. The van der Waals surface area contributed by atoms with Crippen LogP contribution in [0, 0.1) is 5.82 Å². The lowest BCUT2D eigenvalue weighted by atomic mass is 10.0. The van der Waals surface area contributed by atoms with Gasteiger partial charge in [0.05, 0.1) is 10.6 Å². The number of nitrogens with one attached hydrogen (secondary N) is 1. The summed E-state index contributed by atoms with van der Waals surface area (Å²) in [6, 6.07) is 28.8. The molecule has 1 N–H and O–H groups in total. The number of nitrogens with zero attached hydrogens (tertiary/aromatic N) is 2. The van der Waals surface area contributed by atoms with Gasteiger partial charge >= 0.3 is 0 Å². The Bertz CT molecular complexity index is 1680. The van der Waals surface area contributed by atoms with E-state index in [0.29, 0.717) is 0 Å². The third-order valence-corrected chi connectivity index (χ3v) is 10.3. The number of hydrogen-bond donors (Lipinski definition) is 1. The molecule has 10 heteroatoms. The first-order valence-electron chi connectivity index (χ1n) is 14.9. The van der Waals surface area contributed by atoms with E-state index in [1.165, 1.54) is 17.0 Å². The highest BCUT2D eigenvalue weighted by Crippen LogP contribution is 2.26. The third kappa shape index (κ3) is 8.38. The average molecular weight is 693 g/mol. The second-order valence-corrected chi connectivity index (χ2v) is 13.9. The Kier molecular flexibility index (Phi) is 10.7. The normalized spacial score (nSPS) is 14.1. The molecule has 1 aliphatic carbocycles. The number of rotatable bonds is 12. The zero-order valence-electron chi connectivity index (χ0n) is 24.7. The van der Waals surface area contributed by atoms with Crippen LogP contribution in [0.25, 0.3) is 0 Å². The smallest absolute Gasteiger partial charge is 0.264 e. The number of anilines is 1. The first-order chi connectivity index (χ1) is 21.7. The Morgan fingerprint density at radius 2 is 1.42 bits per heavy atom. The van der Waals surface area contributed by atoms with Crippen LogP contribution in [0.5, 0.6) is 0 Å². The van der Waals surface area contributed by atoms with Gasteiger partial charge in [-0.05, 0) is 72.5 Å². The Balaban J connectivity index is 1.54. The molecule has 0 saturated heterocycles. The monoisotopic (exact) mass is 691 g/mol. The van der Waals surface area contributed by atoms with Crippen LogP contribution in [0.15, 0.2) is 119 Å². The molecule has 1 saturated carbocycles. The Morgan fingerprint density at radius 1 is 0.822 bits per heavy atom. The molecule has 0 aliphatic heterocycles. The quantitative estimate of drug-likeness (QED) is 0.184. The van der Waals surface area contributed by atoms with Gasteiger partial charge in [0, 0.05) is 23.5 Å². The maximum Gasteiger partial charge on any atom is 0.264 e. The highest BCUT2D eigenvalue weighted by atomic mass is 79.9. The number of benzene rings is 4. The SMILES string of the molecule is O=C(NC1CCCC1)[C@H](Cc1ccccc1)N(Cc1ccc(Br)cc1)C(=O)CN(c1ccccc1)S(=O)(=O)c1ccc(F)cc1. The van der Waals surface area contributed by atoms with Gasteiger partial charge in [0.15, 0.2) is 0 Å². The minimum Gasteiger partial charge on any atom is -0.352 e. The van der Waals surface area contributed by atoms with Crippen molar-refractivity contribution in [3.05, 3.63) is 131 Å². The highest BCUT2D eigenvalue weighted by molar-refractivity contribution is 9.10. The van der Waals surface area contributed by atoms with Gasteiger partial charge < -0.3 is 10.2 Å². The topological polar surface area (TPSA) is 86.8 Å². The van der Waals surface area contributed by atoms with Crippen LogP contribution in [-0.2, 0) is 32.6 Å². The number of carbonyl (C=O) groups is 2. The molecule has 0 radical (unpaired) electrons. The van der Waals surface area contributed by atoms with Crippen LogP contribution in [0.3, 0.4) is 0 Å². The Labute approximate surface area is 272 Å². The summed E-state index contributed by atoms with van der Waals surface area (Å²) < 4.78 is 43.6. The summed E-state index contributed by atoms with van der Waals surface area (Å²) in [6.45, 7) is -0.483. The van der Waals surface area contributed by atoms with Crippen molar-refractivity contribution in [2.75, 3.05) is 10.8 Å². The van der Waals surface area contributed by atoms with Crippen LogP contribution in [0.1, 0.15) is 36.8 Å². The van der Waals surface area contributed by atoms with E-state index in [2.05, 4.69) is 21.2 Å². The molecule has 1 fully saturated rings. The zero-order valence-corrected chi connectivity index (χ0v) is 27.1. The van der Waals surface area contributed by atoms with Crippen LogP contribution >= 0.6 is 15.9 Å². The van der Waals surface area contributed by atoms with E-state index in [-0.39, 0.29) is 35.5 Å². The van der Waals surface area contributed by atoms with Gasteiger partial charge in [0.25, 0.3) is 10.0 Å². The molecule has 4 aromatic carbocycles. The van der Waals surface area contributed by atoms with Gasteiger partial charge in [-0.1, -0.05) is 89.4 Å². The molecular formula is C35H35BrFN3O4S. The molecule has 0 spiro atoms. The van der Waals surface area contributed by atoms with Crippen molar-refractivity contribution >= 4 is 43.5 Å². The van der Waals surface area contributed by atoms with Gasteiger partial charge in [-0.2, -0.15) is 0 Å². The molecule has 7 nitrogen and oxygen atoms in total. The van der Waals surface area contributed by atoms with E-state index in [9.17, 15) is 22.4 Å². The number of halogens is 2. The van der Waals surface area contributed by atoms with Gasteiger partial charge in [0.2, 0.25) is 11.8 Å². The summed E-state index contributed by atoms with van der Waals surface area (Å²) >= 11 is 3.45. The van der Waals surface area contributed by atoms with E-state index >= 15 is 0 Å². The second kappa shape index (κ2) is 14.8. The molecule has 234 valence electrons. The van der Waals surface area contributed by atoms with Crippen molar-refractivity contribution in [1.29, 1.82) is 0 Å². The van der Waals surface area contributed by atoms with E-state index in [1.54, 1.807) is 30.3 Å². The van der Waals surface area contributed by atoms with Gasteiger partial charge in [0.1, 0.15) is 18.4 Å². The van der Waals surface area contributed by atoms with Gasteiger partial charge in [-0.25, -0.2) is 12.8 Å². The van der Waals surface area contributed by atoms with Crippen molar-refractivity contribution in [3.8, 4) is 0 Å². The minimum absolute atomic E-state index is 0.0278. The number of sulfonamides is 1. The van der Waals surface area contributed by atoms with Crippen LogP contribution in [-0.4, -0.2) is 43.8 Å².